The van der Waals surface area contributed by atoms with Crippen LogP contribution in [0.5, 0.6) is 5.75 Å². The van der Waals surface area contributed by atoms with E-state index in [9.17, 15) is 4.39 Å². The van der Waals surface area contributed by atoms with E-state index in [4.69, 9.17) is 21.1 Å². The third-order valence-electron chi connectivity index (χ3n) is 4.51. The summed E-state index contributed by atoms with van der Waals surface area (Å²) in [6, 6.07) is 14.2. The smallest absolute Gasteiger partial charge is 0.123 e. The number of benzene rings is 2. The van der Waals surface area contributed by atoms with Crippen LogP contribution in [0.3, 0.4) is 0 Å². The van der Waals surface area contributed by atoms with Crippen LogP contribution in [0.1, 0.15) is 18.4 Å². The summed E-state index contributed by atoms with van der Waals surface area (Å²) in [4.78, 5) is 2.44. The molecule has 0 bridgehead atoms. The van der Waals surface area contributed by atoms with Crippen molar-refractivity contribution in [3.63, 3.8) is 0 Å². The molecule has 3 nitrogen and oxygen atoms in total. The van der Waals surface area contributed by atoms with Crippen molar-refractivity contribution in [1.29, 1.82) is 0 Å². The number of hydrogen-bond acceptors (Lipinski definition) is 3. The molecule has 0 aromatic heterocycles. The lowest BCUT2D eigenvalue weighted by Crippen LogP contribution is -2.34. The molecule has 3 rings (SSSR count). The van der Waals surface area contributed by atoms with Crippen molar-refractivity contribution in [2.75, 3.05) is 32.8 Å². The van der Waals surface area contributed by atoms with Gasteiger partial charge in [0.05, 0.1) is 12.7 Å². The SMILES string of the molecule is Fc1ccc(CC2CN(CCCOc3ccc(Cl)cc3)CCCO2)cc1. The monoisotopic (exact) mass is 377 g/mol. The van der Waals surface area contributed by atoms with Gasteiger partial charge in [0.15, 0.2) is 0 Å². The number of rotatable bonds is 7. The highest BCUT2D eigenvalue weighted by atomic mass is 35.5. The molecule has 1 aliphatic rings. The largest absolute Gasteiger partial charge is 0.494 e. The van der Waals surface area contributed by atoms with Crippen LogP contribution in [0.4, 0.5) is 4.39 Å². The molecule has 140 valence electrons. The summed E-state index contributed by atoms with van der Waals surface area (Å²) in [5.41, 5.74) is 1.12. The predicted octanol–water partition coefficient (Wildman–Crippen LogP) is 4.58. The van der Waals surface area contributed by atoms with Crippen molar-refractivity contribution < 1.29 is 13.9 Å². The molecular formula is C21H25ClFNO2. The van der Waals surface area contributed by atoms with Crippen LogP contribution in [0.25, 0.3) is 0 Å². The summed E-state index contributed by atoms with van der Waals surface area (Å²) in [7, 11) is 0. The molecule has 0 radical (unpaired) electrons. The zero-order chi connectivity index (χ0) is 18.2. The van der Waals surface area contributed by atoms with Gasteiger partial charge in [-0.3, -0.25) is 0 Å². The molecule has 1 saturated heterocycles. The fraction of sp³-hybridized carbons (Fsp3) is 0.429. The maximum Gasteiger partial charge on any atom is 0.123 e. The minimum atomic E-state index is -0.196. The lowest BCUT2D eigenvalue weighted by Gasteiger charge is -2.23. The Morgan fingerprint density at radius 2 is 1.88 bits per heavy atom. The number of ether oxygens (including phenoxy) is 2. The fourth-order valence-corrected chi connectivity index (χ4v) is 3.32. The van der Waals surface area contributed by atoms with Gasteiger partial charge in [-0.05, 0) is 61.2 Å². The average molecular weight is 378 g/mol. The lowest BCUT2D eigenvalue weighted by molar-refractivity contribution is 0.0541. The van der Waals surface area contributed by atoms with Gasteiger partial charge in [-0.25, -0.2) is 4.39 Å². The summed E-state index contributed by atoms with van der Waals surface area (Å²) in [5.74, 6) is 0.653. The summed E-state index contributed by atoms with van der Waals surface area (Å²) >= 11 is 5.88. The van der Waals surface area contributed by atoms with Gasteiger partial charge in [0.2, 0.25) is 0 Å². The molecule has 1 fully saturated rings. The van der Waals surface area contributed by atoms with Crippen molar-refractivity contribution in [3.8, 4) is 5.75 Å². The van der Waals surface area contributed by atoms with E-state index in [-0.39, 0.29) is 11.9 Å². The molecule has 0 saturated carbocycles. The van der Waals surface area contributed by atoms with Crippen LogP contribution in [0, 0.1) is 5.82 Å². The van der Waals surface area contributed by atoms with Gasteiger partial charge >= 0.3 is 0 Å². The van der Waals surface area contributed by atoms with E-state index in [0.29, 0.717) is 11.6 Å². The van der Waals surface area contributed by atoms with Gasteiger partial charge in [0, 0.05) is 31.3 Å². The van der Waals surface area contributed by atoms with Crippen LogP contribution < -0.4 is 4.74 Å². The van der Waals surface area contributed by atoms with E-state index in [1.165, 1.54) is 12.1 Å². The van der Waals surface area contributed by atoms with Gasteiger partial charge in [-0.15, -0.1) is 0 Å². The first-order valence-corrected chi connectivity index (χ1v) is 9.53. The molecule has 0 spiro atoms. The zero-order valence-corrected chi connectivity index (χ0v) is 15.6. The maximum atomic E-state index is 13.0. The summed E-state index contributed by atoms with van der Waals surface area (Å²) in [6.45, 7) is 4.39. The number of hydrogen-bond donors (Lipinski definition) is 0. The highest BCUT2D eigenvalue weighted by Gasteiger charge is 2.19. The first-order valence-electron chi connectivity index (χ1n) is 9.16. The van der Waals surface area contributed by atoms with Crippen LogP contribution in [-0.4, -0.2) is 43.9 Å². The third-order valence-corrected chi connectivity index (χ3v) is 4.76. The molecule has 1 aliphatic heterocycles. The van der Waals surface area contributed by atoms with E-state index in [1.807, 2.05) is 36.4 Å². The second kappa shape index (κ2) is 9.91. The van der Waals surface area contributed by atoms with E-state index in [2.05, 4.69) is 4.90 Å². The van der Waals surface area contributed by atoms with Crippen molar-refractivity contribution in [2.24, 2.45) is 0 Å². The Balaban J connectivity index is 1.42. The van der Waals surface area contributed by atoms with E-state index in [0.717, 1.165) is 56.8 Å². The standard InChI is InChI=1S/C21H25ClFNO2/c22-18-5-9-20(10-6-18)25-13-1-11-24-12-2-14-26-21(16-24)15-17-3-7-19(23)8-4-17/h3-10,21H,1-2,11-16H2. The minimum absolute atomic E-state index is 0.153. The average Bonchev–Trinajstić information content (AvgIpc) is 2.87. The first-order chi connectivity index (χ1) is 12.7. The van der Waals surface area contributed by atoms with Crippen molar-refractivity contribution in [1.82, 2.24) is 4.90 Å². The lowest BCUT2D eigenvalue weighted by atomic mass is 10.1. The van der Waals surface area contributed by atoms with Crippen molar-refractivity contribution in [3.05, 3.63) is 64.9 Å². The Hall–Kier alpha value is -1.62. The number of halogens is 2. The second-order valence-electron chi connectivity index (χ2n) is 6.63. The minimum Gasteiger partial charge on any atom is -0.494 e. The van der Waals surface area contributed by atoms with Gasteiger partial charge in [-0.1, -0.05) is 23.7 Å². The van der Waals surface area contributed by atoms with Crippen molar-refractivity contribution in [2.45, 2.75) is 25.4 Å². The molecule has 1 heterocycles. The molecule has 0 aliphatic carbocycles. The molecular weight excluding hydrogens is 353 g/mol. The van der Waals surface area contributed by atoms with Gasteiger partial charge < -0.3 is 14.4 Å². The van der Waals surface area contributed by atoms with E-state index < -0.39 is 0 Å². The molecule has 2 aromatic rings. The summed E-state index contributed by atoms with van der Waals surface area (Å²) in [5, 5.41) is 0.717. The Morgan fingerprint density at radius 3 is 2.65 bits per heavy atom. The molecule has 0 amide bonds. The van der Waals surface area contributed by atoms with Crippen LogP contribution in [0.15, 0.2) is 48.5 Å². The van der Waals surface area contributed by atoms with Crippen LogP contribution in [-0.2, 0) is 11.2 Å². The maximum absolute atomic E-state index is 13.0. The molecule has 26 heavy (non-hydrogen) atoms. The second-order valence-corrected chi connectivity index (χ2v) is 7.07. The highest BCUT2D eigenvalue weighted by molar-refractivity contribution is 6.30. The Kier molecular flexibility index (Phi) is 7.30. The fourth-order valence-electron chi connectivity index (χ4n) is 3.19. The highest BCUT2D eigenvalue weighted by Crippen LogP contribution is 2.16. The quantitative estimate of drug-likeness (QED) is 0.659. The van der Waals surface area contributed by atoms with E-state index in [1.54, 1.807) is 0 Å². The van der Waals surface area contributed by atoms with E-state index >= 15 is 0 Å². The molecule has 1 atom stereocenters. The van der Waals surface area contributed by atoms with Crippen LogP contribution >= 0.6 is 11.6 Å². The molecule has 0 N–H and O–H groups in total. The molecule has 5 heteroatoms. The normalized spacial score (nSPS) is 18.5. The predicted molar refractivity (Wildman–Crippen MR) is 102 cm³/mol. The Bertz CT molecular complexity index is 663. The Morgan fingerprint density at radius 1 is 1.12 bits per heavy atom. The van der Waals surface area contributed by atoms with Gasteiger partial charge in [-0.2, -0.15) is 0 Å². The topological polar surface area (TPSA) is 21.7 Å². The summed E-state index contributed by atoms with van der Waals surface area (Å²) in [6.07, 6.45) is 2.97. The number of nitrogens with zero attached hydrogens (tertiary/aromatic N) is 1. The Labute approximate surface area is 159 Å². The zero-order valence-electron chi connectivity index (χ0n) is 14.9. The van der Waals surface area contributed by atoms with Gasteiger partial charge in [0.1, 0.15) is 11.6 Å². The van der Waals surface area contributed by atoms with Gasteiger partial charge in [0.25, 0.3) is 0 Å². The van der Waals surface area contributed by atoms with Crippen LogP contribution in [0.2, 0.25) is 5.02 Å². The molecule has 1 unspecified atom stereocenters. The summed E-state index contributed by atoms with van der Waals surface area (Å²) < 4.78 is 24.8. The third kappa shape index (κ3) is 6.27. The van der Waals surface area contributed by atoms with Crippen molar-refractivity contribution >= 4 is 11.6 Å². The first kappa shape index (κ1) is 19.2. The molecule has 2 aromatic carbocycles.